The van der Waals surface area contributed by atoms with Gasteiger partial charge >= 0.3 is 5.97 Å². The highest BCUT2D eigenvalue weighted by molar-refractivity contribution is 7.12. The fourth-order valence-corrected chi connectivity index (χ4v) is 6.54. The van der Waals surface area contributed by atoms with Crippen molar-refractivity contribution in [2.45, 2.75) is 48.8 Å². The van der Waals surface area contributed by atoms with Gasteiger partial charge in [0.05, 0.1) is 23.8 Å². The summed E-state index contributed by atoms with van der Waals surface area (Å²) in [7, 11) is 4.49. The van der Waals surface area contributed by atoms with E-state index in [1.807, 2.05) is 22.9 Å². The van der Waals surface area contributed by atoms with Gasteiger partial charge in [-0.15, -0.1) is 22.7 Å². The summed E-state index contributed by atoms with van der Waals surface area (Å²) in [5, 5.41) is 15.1. The van der Waals surface area contributed by atoms with E-state index in [0.29, 0.717) is 34.0 Å². The van der Waals surface area contributed by atoms with Gasteiger partial charge in [-0.3, -0.25) is 0 Å². The molecule has 7 heteroatoms. The topological polar surface area (TPSA) is 59.1 Å². The highest BCUT2D eigenvalue weighted by Crippen LogP contribution is 2.52. The quantitative estimate of drug-likeness (QED) is 0.493. The maximum absolute atomic E-state index is 13.1. The molecule has 1 N–H and O–H groups in total. The summed E-state index contributed by atoms with van der Waals surface area (Å²) in [6.07, 6.45) is 2.05. The summed E-state index contributed by atoms with van der Waals surface area (Å²) in [6, 6.07) is 8.01. The predicted molar refractivity (Wildman–Crippen MR) is 99.1 cm³/mol. The first kappa shape index (κ1) is 16.9. The number of quaternary nitrogens is 1. The molecule has 5 atom stereocenters. The van der Waals surface area contributed by atoms with Crippen LogP contribution in [0.25, 0.3) is 0 Å². The number of hydrogen-bond donors (Lipinski definition) is 1. The fourth-order valence-electron chi connectivity index (χ4n) is 4.83. The maximum atomic E-state index is 13.1. The Balaban J connectivity index is 1.40. The molecule has 2 aromatic heterocycles. The number of aliphatic hydroxyl groups is 1. The third-order valence-electron chi connectivity index (χ3n) is 6.36. The molecule has 138 valence electrons. The summed E-state index contributed by atoms with van der Waals surface area (Å²) < 4.78 is 12.6. The number of morpholine rings is 1. The van der Waals surface area contributed by atoms with Crippen molar-refractivity contribution in [3.63, 3.8) is 0 Å². The van der Waals surface area contributed by atoms with E-state index in [9.17, 15) is 9.90 Å². The maximum Gasteiger partial charge on any atom is 0.349 e. The zero-order valence-corrected chi connectivity index (χ0v) is 16.3. The molecular weight excluding hydrogens is 370 g/mol. The molecular formula is C19H22NO4S2+. The van der Waals surface area contributed by atoms with Crippen molar-refractivity contribution >= 4 is 28.6 Å². The third kappa shape index (κ3) is 2.28. The SMILES string of the molecule is C[N+]1(C)[C@@H]2CC(OC(=O)C(O)(c3cccs3)c3cccs3)C[C@H]1[C@H]1O[C@H]12. The lowest BCUT2D eigenvalue weighted by atomic mass is 9.95. The second-order valence-electron chi connectivity index (χ2n) is 7.99. The standard InChI is InChI=1S/C19H22NO4S2/c1-20(2)12-9-11(10-13(20)17-16(12)24-17)23-18(21)19(22,14-5-3-7-25-14)15-6-4-8-26-15/h3-8,11-13,16-17,22H,9-10H2,1-2H3/q+1/t11?,12-,13+,16+,17-. The van der Waals surface area contributed by atoms with Crippen LogP contribution in [-0.4, -0.2) is 60.0 Å². The van der Waals surface area contributed by atoms with E-state index in [1.54, 1.807) is 12.1 Å². The van der Waals surface area contributed by atoms with Crippen LogP contribution in [0.4, 0.5) is 0 Å². The van der Waals surface area contributed by atoms with Crippen LogP contribution in [-0.2, 0) is 19.9 Å². The van der Waals surface area contributed by atoms with Crippen LogP contribution in [0.2, 0.25) is 0 Å². The highest BCUT2D eigenvalue weighted by Gasteiger charge is 2.71. The van der Waals surface area contributed by atoms with E-state index in [2.05, 4.69) is 14.1 Å². The van der Waals surface area contributed by atoms with Crippen molar-refractivity contribution in [1.29, 1.82) is 0 Å². The van der Waals surface area contributed by atoms with Gasteiger partial charge < -0.3 is 19.1 Å². The Morgan fingerprint density at radius 1 is 1.15 bits per heavy atom. The predicted octanol–water partition coefficient (Wildman–Crippen LogP) is 2.35. The molecule has 0 radical (unpaired) electrons. The van der Waals surface area contributed by atoms with E-state index in [1.165, 1.54) is 22.7 Å². The first-order valence-electron chi connectivity index (χ1n) is 8.92. The van der Waals surface area contributed by atoms with Crippen LogP contribution in [0.5, 0.6) is 0 Å². The molecule has 0 amide bonds. The molecule has 0 saturated carbocycles. The van der Waals surface area contributed by atoms with Crippen LogP contribution >= 0.6 is 22.7 Å². The number of hydrogen-bond acceptors (Lipinski definition) is 6. The number of fused-ring (bicyclic) bond motifs is 5. The summed E-state index contributed by atoms with van der Waals surface area (Å²) >= 11 is 2.74. The Kier molecular flexibility index (Phi) is 3.65. The summed E-state index contributed by atoms with van der Waals surface area (Å²) in [4.78, 5) is 14.3. The average molecular weight is 393 g/mol. The Hall–Kier alpha value is -1.25. The Labute approximate surface area is 160 Å². The molecule has 3 fully saturated rings. The van der Waals surface area contributed by atoms with Gasteiger partial charge in [-0.05, 0) is 22.9 Å². The highest BCUT2D eigenvalue weighted by atomic mass is 32.1. The Bertz CT molecular complexity index is 762. The van der Waals surface area contributed by atoms with Gasteiger partial charge in [0.2, 0.25) is 5.60 Å². The van der Waals surface area contributed by atoms with Gasteiger partial charge in [0.25, 0.3) is 0 Å². The van der Waals surface area contributed by atoms with E-state index in [-0.39, 0.29) is 6.10 Å². The molecule has 2 bridgehead atoms. The molecule has 0 spiro atoms. The van der Waals surface area contributed by atoms with E-state index < -0.39 is 11.6 Å². The van der Waals surface area contributed by atoms with E-state index in [0.717, 1.165) is 17.3 Å². The lowest BCUT2D eigenvalue weighted by Crippen LogP contribution is -2.60. The number of likely N-dealkylation sites (N-methyl/N-ethyl adjacent to an activating group) is 1. The van der Waals surface area contributed by atoms with Gasteiger partial charge in [-0.1, -0.05) is 12.1 Å². The minimum Gasteiger partial charge on any atom is -0.459 e. The molecule has 5 nitrogen and oxygen atoms in total. The first-order valence-corrected chi connectivity index (χ1v) is 10.7. The van der Waals surface area contributed by atoms with Crippen molar-refractivity contribution in [3.8, 4) is 0 Å². The van der Waals surface area contributed by atoms with Crippen LogP contribution in [0.15, 0.2) is 35.0 Å². The number of esters is 1. The number of carbonyl (C=O) groups excluding carboxylic acids is 1. The van der Waals surface area contributed by atoms with Gasteiger partial charge in [0.1, 0.15) is 30.4 Å². The fraction of sp³-hybridized carbons (Fsp3) is 0.526. The third-order valence-corrected chi connectivity index (χ3v) is 8.32. The first-order chi connectivity index (χ1) is 12.4. The lowest BCUT2D eigenvalue weighted by molar-refractivity contribution is -0.938. The van der Waals surface area contributed by atoms with Gasteiger partial charge in [-0.2, -0.15) is 0 Å². The van der Waals surface area contributed by atoms with Crippen molar-refractivity contribution < 1.29 is 23.9 Å². The molecule has 5 heterocycles. The zero-order chi connectivity index (χ0) is 18.1. The van der Waals surface area contributed by atoms with Crippen LogP contribution in [0.3, 0.4) is 0 Å². The number of carbonyl (C=O) groups is 1. The molecule has 3 saturated heterocycles. The van der Waals surface area contributed by atoms with E-state index >= 15 is 0 Å². The van der Waals surface area contributed by atoms with Crippen molar-refractivity contribution in [2.75, 3.05) is 14.1 Å². The summed E-state index contributed by atoms with van der Waals surface area (Å²) in [6.45, 7) is 0. The molecule has 3 aliphatic rings. The zero-order valence-electron chi connectivity index (χ0n) is 14.7. The minimum absolute atomic E-state index is 0.161. The minimum atomic E-state index is -1.72. The largest absolute Gasteiger partial charge is 0.459 e. The van der Waals surface area contributed by atoms with Crippen LogP contribution < -0.4 is 0 Å². The smallest absolute Gasteiger partial charge is 0.349 e. The van der Waals surface area contributed by atoms with Gasteiger partial charge in [0.15, 0.2) is 0 Å². The Morgan fingerprint density at radius 3 is 2.15 bits per heavy atom. The van der Waals surface area contributed by atoms with Crippen molar-refractivity contribution in [3.05, 3.63) is 44.8 Å². The number of ether oxygens (including phenoxy) is 2. The Morgan fingerprint density at radius 2 is 1.69 bits per heavy atom. The van der Waals surface area contributed by atoms with Gasteiger partial charge in [-0.25, -0.2) is 4.79 Å². The lowest BCUT2D eigenvalue weighted by Gasteiger charge is -2.45. The number of nitrogens with zero attached hydrogens (tertiary/aromatic N) is 1. The molecule has 5 rings (SSSR count). The molecule has 0 aliphatic carbocycles. The second-order valence-corrected chi connectivity index (χ2v) is 9.89. The number of rotatable bonds is 4. The number of piperidine rings is 1. The second kappa shape index (κ2) is 5.62. The summed E-state index contributed by atoms with van der Waals surface area (Å²) in [5.41, 5.74) is -1.72. The van der Waals surface area contributed by atoms with E-state index in [4.69, 9.17) is 9.47 Å². The number of epoxide rings is 1. The molecule has 26 heavy (non-hydrogen) atoms. The van der Waals surface area contributed by atoms with Crippen LogP contribution in [0, 0.1) is 0 Å². The van der Waals surface area contributed by atoms with Crippen molar-refractivity contribution in [1.82, 2.24) is 0 Å². The van der Waals surface area contributed by atoms with Gasteiger partial charge in [0, 0.05) is 12.8 Å². The monoisotopic (exact) mass is 392 g/mol. The average Bonchev–Trinajstić information content (AvgIpc) is 2.98. The summed E-state index contributed by atoms with van der Waals surface area (Å²) in [5.74, 6) is -0.561. The molecule has 0 aromatic carbocycles. The van der Waals surface area contributed by atoms with Crippen LogP contribution in [0.1, 0.15) is 22.6 Å². The van der Waals surface area contributed by atoms with Crippen molar-refractivity contribution in [2.24, 2.45) is 0 Å². The molecule has 1 unspecified atom stereocenters. The number of thiophene rings is 2. The molecule has 3 aliphatic heterocycles. The normalized spacial score (nSPS) is 34.3. The molecule has 2 aromatic rings.